The van der Waals surface area contributed by atoms with Crippen LogP contribution in [0.3, 0.4) is 0 Å². The van der Waals surface area contributed by atoms with Crippen LogP contribution >= 0.6 is 0 Å². The highest BCUT2D eigenvalue weighted by Crippen LogP contribution is 2.19. The van der Waals surface area contributed by atoms with Crippen molar-refractivity contribution in [1.29, 1.82) is 0 Å². The number of carboxylic acids is 1. The Morgan fingerprint density at radius 2 is 2.11 bits per heavy atom. The molecule has 5 nitrogen and oxygen atoms in total. The molecule has 0 radical (unpaired) electrons. The topological polar surface area (TPSA) is 69.6 Å². The Hall–Kier alpha value is -1.10. The van der Waals surface area contributed by atoms with E-state index in [-0.39, 0.29) is 23.4 Å². The highest BCUT2D eigenvalue weighted by molar-refractivity contribution is 5.82. The van der Waals surface area contributed by atoms with Crippen molar-refractivity contribution in [3.63, 3.8) is 0 Å². The maximum atomic E-state index is 12.2. The molecule has 19 heavy (non-hydrogen) atoms. The van der Waals surface area contributed by atoms with Crippen molar-refractivity contribution in [1.82, 2.24) is 10.2 Å². The fourth-order valence-corrected chi connectivity index (χ4v) is 2.25. The molecule has 1 amide bonds. The molecule has 1 aliphatic rings. The van der Waals surface area contributed by atoms with E-state index in [4.69, 9.17) is 5.11 Å². The summed E-state index contributed by atoms with van der Waals surface area (Å²) in [5.41, 5.74) is -0.215. The lowest BCUT2D eigenvalue weighted by Crippen LogP contribution is -2.54. The summed E-state index contributed by atoms with van der Waals surface area (Å²) in [6.07, 6.45) is 2.41. The summed E-state index contributed by atoms with van der Waals surface area (Å²) in [7, 11) is 0. The number of hydrogen-bond acceptors (Lipinski definition) is 3. The summed E-state index contributed by atoms with van der Waals surface area (Å²) < 4.78 is 0. The molecule has 0 aliphatic carbocycles. The molecule has 0 bridgehead atoms. The van der Waals surface area contributed by atoms with E-state index in [1.165, 1.54) is 0 Å². The van der Waals surface area contributed by atoms with E-state index < -0.39 is 5.97 Å². The predicted octanol–water partition coefficient (Wildman–Crippen LogP) is 1.48. The van der Waals surface area contributed by atoms with Gasteiger partial charge in [-0.25, -0.2) is 0 Å². The van der Waals surface area contributed by atoms with Crippen molar-refractivity contribution in [2.45, 2.75) is 58.5 Å². The molecule has 2 atom stereocenters. The van der Waals surface area contributed by atoms with Crippen LogP contribution in [0.4, 0.5) is 0 Å². The average molecular weight is 270 g/mol. The molecule has 1 rings (SSSR count). The number of rotatable bonds is 5. The molecule has 2 N–H and O–H groups in total. The zero-order valence-electron chi connectivity index (χ0n) is 12.4. The van der Waals surface area contributed by atoms with Crippen molar-refractivity contribution in [3.8, 4) is 0 Å². The van der Waals surface area contributed by atoms with Crippen LogP contribution in [0.25, 0.3) is 0 Å². The van der Waals surface area contributed by atoms with Crippen molar-refractivity contribution in [2.75, 3.05) is 13.1 Å². The van der Waals surface area contributed by atoms with Gasteiger partial charge in [-0.3, -0.25) is 14.5 Å². The number of carbonyl (C=O) groups excluding carboxylic acids is 1. The maximum Gasteiger partial charge on any atom is 0.307 e. The molecule has 1 fully saturated rings. The highest BCUT2D eigenvalue weighted by atomic mass is 16.4. The molecular formula is C14H26N2O3. The highest BCUT2D eigenvalue weighted by Gasteiger charge is 2.32. The van der Waals surface area contributed by atoms with Crippen LogP contribution in [0.15, 0.2) is 0 Å². The van der Waals surface area contributed by atoms with Gasteiger partial charge >= 0.3 is 5.97 Å². The van der Waals surface area contributed by atoms with E-state index >= 15 is 0 Å². The minimum atomic E-state index is -0.758. The fourth-order valence-electron chi connectivity index (χ4n) is 2.25. The SMILES string of the molecule is CCC(C)(C)NC(=O)[C@@H](C)N1CCC[C@@H](C(=O)O)C1. The molecule has 0 unspecified atom stereocenters. The molecule has 0 aromatic carbocycles. The number of nitrogens with one attached hydrogen (secondary N) is 1. The number of piperidine rings is 1. The lowest BCUT2D eigenvalue weighted by molar-refractivity contribution is -0.145. The summed E-state index contributed by atoms with van der Waals surface area (Å²) in [4.78, 5) is 25.2. The number of likely N-dealkylation sites (tertiary alicyclic amines) is 1. The van der Waals surface area contributed by atoms with Crippen molar-refractivity contribution >= 4 is 11.9 Å². The largest absolute Gasteiger partial charge is 0.481 e. The van der Waals surface area contributed by atoms with Crippen molar-refractivity contribution < 1.29 is 14.7 Å². The van der Waals surface area contributed by atoms with Gasteiger partial charge in [-0.05, 0) is 46.6 Å². The summed E-state index contributed by atoms with van der Waals surface area (Å²) in [5.74, 6) is -1.12. The second kappa shape index (κ2) is 6.37. The number of nitrogens with zero attached hydrogens (tertiary/aromatic N) is 1. The third kappa shape index (κ3) is 4.49. The molecule has 1 saturated heterocycles. The lowest BCUT2D eigenvalue weighted by Gasteiger charge is -2.36. The second-order valence-electron chi connectivity index (χ2n) is 6.07. The van der Waals surface area contributed by atoms with Crippen LogP contribution in [0.5, 0.6) is 0 Å². The Bertz CT molecular complexity index is 342. The van der Waals surface area contributed by atoms with Gasteiger partial charge in [0.2, 0.25) is 5.91 Å². The van der Waals surface area contributed by atoms with Crippen LogP contribution in [-0.2, 0) is 9.59 Å². The van der Waals surface area contributed by atoms with Gasteiger partial charge in [0.25, 0.3) is 0 Å². The first-order valence-corrected chi connectivity index (χ1v) is 7.05. The zero-order chi connectivity index (χ0) is 14.6. The Morgan fingerprint density at radius 1 is 1.47 bits per heavy atom. The van der Waals surface area contributed by atoms with E-state index in [1.54, 1.807) is 0 Å². The Balaban J connectivity index is 2.59. The summed E-state index contributed by atoms with van der Waals surface area (Å²) in [6.45, 7) is 9.14. The molecule has 1 heterocycles. The quantitative estimate of drug-likeness (QED) is 0.794. The van der Waals surface area contributed by atoms with Crippen LogP contribution in [-0.4, -0.2) is 46.6 Å². The number of carbonyl (C=O) groups is 2. The molecule has 110 valence electrons. The van der Waals surface area contributed by atoms with Crippen LogP contribution in [0.2, 0.25) is 0 Å². The molecule has 5 heteroatoms. The summed E-state index contributed by atoms with van der Waals surface area (Å²) in [5, 5.41) is 12.1. The van der Waals surface area contributed by atoms with E-state index in [0.29, 0.717) is 13.0 Å². The normalized spacial score (nSPS) is 22.8. The van der Waals surface area contributed by atoms with E-state index in [9.17, 15) is 9.59 Å². The molecule has 1 aliphatic heterocycles. The first-order chi connectivity index (χ1) is 8.76. The predicted molar refractivity (Wildman–Crippen MR) is 73.9 cm³/mol. The monoisotopic (exact) mass is 270 g/mol. The second-order valence-corrected chi connectivity index (χ2v) is 6.07. The van der Waals surface area contributed by atoms with Gasteiger partial charge < -0.3 is 10.4 Å². The molecule has 0 spiro atoms. The van der Waals surface area contributed by atoms with Gasteiger partial charge in [0.1, 0.15) is 0 Å². The van der Waals surface area contributed by atoms with Gasteiger partial charge in [0.15, 0.2) is 0 Å². The van der Waals surface area contributed by atoms with Gasteiger partial charge in [0.05, 0.1) is 12.0 Å². The van der Waals surface area contributed by atoms with Crippen molar-refractivity contribution in [3.05, 3.63) is 0 Å². The fraction of sp³-hybridized carbons (Fsp3) is 0.857. The Morgan fingerprint density at radius 3 is 2.63 bits per heavy atom. The lowest BCUT2D eigenvalue weighted by atomic mass is 9.96. The Labute approximate surface area is 115 Å². The third-order valence-corrected chi connectivity index (χ3v) is 4.07. The van der Waals surface area contributed by atoms with Crippen LogP contribution < -0.4 is 5.32 Å². The zero-order valence-corrected chi connectivity index (χ0v) is 12.4. The number of hydrogen-bond donors (Lipinski definition) is 2. The molecular weight excluding hydrogens is 244 g/mol. The van der Waals surface area contributed by atoms with E-state index in [0.717, 1.165) is 19.4 Å². The summed E-state index contributed by atoms with van der Waals surface area (Å²) >= 11 is 0. The maximum absolute atomic E-state index is 12.2. The first-order valence-electron chi connectivity index (χ1n) is 7.05. The first kappa shape index (κ1) is 16.0. The van der Waals surface area contributed by atoms with Gasteiger partial charge in [0, 0.05) is 12.1 Å². The molecule has 0 aromatic rings. The smallest absolute Gasteiger partial charge is 0.307 e. The standard InChI is InChI=1S/C14H26N2O3/c1-5-14(3,4)15-12(17)10(2)16-8-6-7-11(9-16)13(18)19/h10-11H,5-9H2,1-4H3,(H,15,17)(H,18,19)/t10-,11-/m1/s1. The average Bonchev–Trinajstić information content (AvgIpc) is 2.37. The number of carboxylic acid groups (broad SMARTS) is 1. The number of aliphatic carboxylic acids is 1. The van der Waals surface area contributed by atoms with Crippen LogP contribution in [0.1, 0.15) is 47.0 Å². The van der Waals surface area contributed by atoms with Gasteiger partial charge in [-0.2, -0.15) is 0 Å². The van der Waals surface area contributed by atoms with E-state index in [1.807, 2.05) is 32.6 Å². The molecule has 0 aromatic heterocycles. The van der Waals surface area contributed by atoms with Gasteiger partial charge in [-0.1, -0.05) is 6.92 Å². The Kier molecular flexibility index (Phi) is 5.35. The third-order valence-electron chi connectivity index (χ3n) is 4.07. The number of amides is 1. The van der Waals surface area contributed by atoms with Crippen molar-refractivity contribution in [2.24, 2.45) is 5.92 Å². The minimum Gasteiger partial charge on any atom is -0.481 e. The minimum absolute atomic E-state index is 0.0158. The molecule has 0 saturated carbocycles. The van der Waals surface area contributed by atoms with Crippen LogP contribution in [0, 0.1) is 5.92 Å². The van der Waals surface area contributed by atoms with Gasteiger partial charge in [-0.15, -0.1) is 0 Å². The van der Waals surface area contributed by atoms with E-state index in [2.05, 4.69) is 5.32 Å². The summed E-state index contributed by atoms with van der Waals surface area (Å²) in [6, 6.07) is -0.270.